The molecule has 1 aliphatic heterocycles. The third kappa shape index (κ3) is 4.41. The molecule has 4 nitrogen and oxygen atoms in total. The summed E-state index contributed by atoms with van der Waals surface area (Å²) in [5.74, 6) is 0. The topological polar surface area (TPSA) is 26.8 Å². The van der Waals surface area contributed by atoms with Crippen molar-refractivity contribution in [2.75, 3.05) is 26.2 Å². The van der Waals surface area contributed by atoms with Crippen LogP contribution in [-0.4, -0.2) is 47.5 Å². The third-order valence-corrected chi connectivity index (χ3v) is 4.27. The Morgan fingerprint density at radius 2 is 1.39 bits per heavy atom. The summed E-state index contributed by atoms with van der Waals surface area (Å²) in [6.07, 6.45) is 0.944. The SMILES string of the molecule is O=CN(Cc1ccccc1)N1CCN(Cc2ccccc2)CC1. The minimum atomic E-state index is 0.642. The van der Waals surface area contributed by atoms with E-state index in [9.17, 15) is 4.79 Å². The summed E-state index contributed by atoms with van der Waals surface area (Å²) >= 11 is 0. The van der Waals surface area contributed by atoms with Gasteiger partial charge in [-0.1, -0.05) is 60.7 Å². The van der Waals surface area contributed by atoms with Gasteiger partial charge in [0.15, 0.2) is 0 Å². The van der Waals surface area contributed by atoms with Gasteiger partial charge >= 0.3 is 0 Å². The van der Waals surface area contributed by atoms with E-state index in [1.54, 1.807) is 5.01 Å². The molecule has 0 bridgehead atoms. The Hall–Kier alpha value is -2.17. The predicted molar refractivity (Wildman–Crippen MR) is 91.3 cm³/mol. The number of amides is 1. The standard InChI is InChI=1S/C19H23N3O/c23-17-22(16-19-9-5-2-6-10-19)21-13-11-20(12-14-21)15-18-7-3-1-4-8-18/h1-10,17H,11-16H2. The molecular weight excluding hydrogens is 286 g/mol. The van der Waals surface area contributed by atoms with Crippen LogP contribution in [0.25, 0.3) is 0 Å². The van der Waals surface area contributed by atoms with E-state index in [1.807, 2.05) is 24.3 Å². The molecule has 0 atom stereocenters. The highest BCUT2D eigenvalue weighted by Gasteiger charge is 2.21. The van der Waals surface area contributed by atoms with Crippen molar-refractivity contribution >= 4 is 6.41 Å². The van der Waals surface area contributed by atoms with E-state index in [0.717, 1.165) is 44.7 Å². The fourth-order valence-electron chi connectivity index (χ4n) is 2.97. The van der Waals surface area contributed by atoms with Crippen molar-refractivity contribution in [2.24, 2.45) is 0 Å². The van der Waals surface area contributed by atoms with Crippen LogP contribution in [0.3, 0.4) is 0 Å². The molecule has 1 amide bonds. The van der Waals surface area contributed by atoms with E-state index >= 15 is 0 Å². The molecule has 120 valence electrons. The van der Waals surface area contributed by atoms with Gasteiger partial charge < -0.3 is 0 Å². The fourth-order valence-corrected chi connectivity index (χ4v) is 2.97. The van der Waals surface area contributed by atoms with E-state index in [4.69, 9.17) is 0 Å². The molecule has 0 N–H and O–H groups in total. The maximum absolute atomic E-state index is 11.5. The second kappa shape index (κ2) is 7.90. The zero-order valence-electron chi connectivity index (χ0n) is 13.3. The van der Waals surface area contributed by atoms with Crippen LogP contribution in [0.1, 0.15) is 11.1 Å². The lowest BCUT2D eigenvalue weighted by Crippen LogP contribution is -2.52. The molecule has 0 aromatic heterocycles. The Morgan fingerprint density at radius 1 is 0.826 bits per heavy atom. The smallest absolute Gasteiger partial charge is 0.224 e. The monoisotopic (exact) mass is 309 g/mol. The van der Waals surface area contributed by atoms with Crippen LogP contribution in [0.4, 0.5) is 0 Å². The van der Waals surface area contributed by atoms with Gasteiger partial charge in [0.25, 0.3) is 0 Å². The van der Waals surface area contributed by atoms with Crippen LogP contribution >= 0.6 is 0 Å². The molecule has 4 heteroatoms. The number of benzene rings is 2. The van der Waals surface area contributed by atoms with Gasteiger partial charge in [-0.15, -0.1) is 0 Å². The molecule has 1 heterocycles. The van der Waals surface area contributed by atoms with Crippen LogP contribution in [0.2, 0.25) is 0 Å². The molecule has 3 rings (SSSR count). The molecule has 0 saturated carbocycles. The summed E-state index contributed by atoms with van der Waals surface area (Å²) in [5, 5.41) is 3.96. The largest absolute Gasteiger partial charge is 0.296 e. The van der Waals surface area contributed by atoms with Gasteiger partial charge in [-0.25, -0.2) is 5.01 Å². The highest BCUT2D eigenvalue weighted by atomic mass is 16.1. The molecule has 0 spiro atoms. The zero-order chi connectivity index (χ0) is 15.9. The van der Waals surface area contributed by atoms with Crippen LogP contribution in [0.5, 0.6) is 0 Å². The number of hydrazine groups is 1. The van der Waals surface area contributed by atoms with Gasteiger partial charge in [0.2, 0.25) is 6.41 Å². The average molecular weight is 309 g/mol. The molecule has 23 heavy (non-hydrogen) atoms. The lowest BCUT2D eigenvalue weighted by atomic mass is 10.2. The summed E-state index contributed by atoms with van der Waals surface area (Å²) in [6, 6.07) is 20.7. The molecular formula is C19H23N3O. The lowest BCUT2D eigenvalue weighted by Gasteiger charge is -2.39. The third-order valence-electron chi connectivity index (χ3n) is 4.27. The molecule has 0 radical (unpaired) electrons. The van der Waals surface area contributed by atoms with Crippen molar-refractivity contribution in [1.29, 1.82) is 0 Å². The Labute approximate surface area is 137 Å². The number of rotatable bonds is 6. The molecule has 1 aliphatic rings. The number of carbonyl (C=O) groups excluding carboxylic acids is 1. The lowest BCUT2D eigenvalue weighted by molar-refractivity contribution is -0.139. The van der Waals surface area contributed by atoms with Gasteiger partial charge in [-0.3, -0.25) is 14.7 Å². The van der Waals surface area contributed by atoms with E-state index < -0.39 is 0 Å². The van der Waals surface area contributed by atoms with Crippen molar-refractivity contribution in [3.05, 3.63) is 71.8 Å². The molecule has 2 aromatic carbocycles. The van der Waals surface area contributed by atoms with Crippen LogP contribution in [-0.2, 0) is 17.9 Å². The predicted octanol–water partition coefficient (Wildman–Crippen LogP) is 2.38. The number of nitrogens with zero attached hydrogens (tertiary/aromatic N) is 3. The Kier molecular flexibility index (Phi) is 5.40. The summed E-state index contributed by atoms with van der Waals surface area (Å²) in [6.45, 7) is 5.36. The average Bonchev–Trinajstić information content (AvgIpc) is 2.62. The van der Waals surface area contributed by atoms with Gasteiger partial charge in [-0.2, -0.15) is 0 Å². The summed E-state index contributed by atoms with van der Waals surface area (Å²) < 4.78 is 0. The van der Waals surface area contributed by atoms with Crippen molar-refractivity contribution in [3.63, 3.8) is 0 Å². The summed E-state index contributed by atoms with van der Waals surface area (Å²) in [7, 11) is 0. The maximum Gasteiger partial charge on any atom is 0.224 e. The zero-order valence-corrected chi connectivity index (χ0v) is 13.3. The Balaban J connectivity index is 1.52. The van der Waals surface area contributed by atoms with Gasteiger partial charge in [-0.05, 0) is 11.1 Å². The minimum absolute atomic E-state index is 0.642. The maximum atomic E-state index is 11.5. The number of carbonyl (C=O) groups is 1. The van der Waals surface area contributed by atoms with Crippen LogP contribution in [0, 0.1) is 0 Å². The first-order valence-corrected chi connectivity index (χ1v) is 8.12. The number of hydrogen-bond acceptors (Lipinski definition) is 3. The van der Waals surface area contributed by atoms with E-state index in [-0.39, 0.29) is 0 Å². The van der Waals surface area contributed by atoms with Gasteiger partial charge in [0.05, 0.1) is 6.54 Å². The first kappa shape index (κ1) is 15.7. The molecule has 2 aromatic rings. The highest BCUT2D eigenvalue weighted by molar-refractivity contribution is 5.46. The Morgan fingerprint density at radius 3 is 1.96 bits per heavy atom. The molecule has 1 saturated heterocycles. The van der Waals surface area contributed by atoms with E-state index in [1.165, 1.54) is 5.56 Å². The van der Waals surface area contributed by atoms with E-state index in [2.05, 4.69) is 46.3 Å². The quantitative estimate of drug-likeness (QED) is 0.767. The van der Waals surface area contributed by atoms with Crippen molar-refractivity contribution in [1.82, 2.24) is 14.9 Å². The number of hydrogen-bond donors (Lipinski definition) is 0. The minimum Gasteiger partial charge on any atom is -0.296 e. The summed E-state index contributed by atoms with van der Waals surface area (Å²) in [4.78, 5) is 13.9. The second-order valence-corrected chi connectivity index (χ2v) is 5.90. The van der Waals surface area contributed by atoms with E-state index in [0.29, 0.717) is 6.54 Å². The molecule has 0 aliphatic carbocycles. The second-order valence-electron chi connectivity index (χ2n) is 5.90. The first-order valence-electron chi connectivity index (χ1n) is 8.12. The fraction of sp³-hybridized carbons (Fsp3) is 0.316. The van der Waals surface area contributed by atoms with Crippen molar-refractivity contribution in [3.8, 4) is 0 Å². The molecule has 0 unspecified atom stereocenters. The normalized spacial score (nSPS) is 16.2. The highest BCUT2D eigenvalue weighted by Crippen LogP contribution is 2.12. The van der Waals surface area contributed by atoms with Crippen LogP contribution in [0.15, 0.2) is 60.7 Å². The summed E-state index contributed by atoms with van der Waals surface area (Å²) in [5.41, 5.74) is 2.50. The Bertz CT molecular complexity index is 595. The number of piperazine rings is 1. The van der Waals surface area contributed by atoms with Crippen molar-refractivity contribution < 1.29 is 4.79 Å². The molecule has 1 fully saturated rings. The van der Waals surface area contributed by atoms with Crippen LogP contribution < -0.4 is 0 Å². The van der Waals surface area contributed by atoms with Gasteiger partial charge in [0.1, 0.15) is 0 Å². The van der Waals surface area contributed by atoms with Crippen molar-refractivity contribution in [2.45, 2.75) is 13.1 Å². The van der Waals surface area contributed by atoms with Gasteiger partial charge in [0, 0.05) is 32.7 Å². The first-order chi connectivity index (χ1) is 11.3.